The predicted molar refractivity (Wildman–Crippen MR) is 91.5 cm³/mol. The Labute approximate surface area is 141 Å². The fourth-order valence-electron chi connectivity index (χ4n) is 3.76. The number of rotatable bonds is 3. The van der Waals surface area contributed by atoms with Crippen molar-refractivity contribution < 1.29 is 14.3 Å². The zero-order valence-corrected chi connectivity index (χ0v) is 15.7. The Morgan fingerprint density at radius 1 is 1.26 bits per heavy atom. The van der Waals surface area contributed by atoms with Gasteiger partial charge in [0.05, 0.1) is 13.2 Å². The highest BCUT2D eigenvalue weighted by Gasteiger charge is 2.52. The van der Waals surface area contributed by atoms with Crippen LogP contribution in [0.4, 0.5) is 4.79 Å². The molecule has 1 amide bonds. The number of nitrogens with zero attached hydrogens (tertiary/aromatic N) is 1. The van der Waals surface area contributed by atoms with Gasteiger partial charge in [0.1, 0.15) is 5.60 Å². The second-order valence-electron chi connectivity index (χ2n) is 8.83. The van der Waals surface area contributed by atoms with Crippen LogP contribution in [-0.2, 0) is 9.47 Å². The highest BCUT2D eigenvalue weighted by atomic mass is 16.6. The first-order valence-electron chi connectivity index (χ1n) is 8.85. The molecule has 1 aliphatic carbocycles. The molecule has 2 rings (SSSR count). The minimum absolute atomic E-state index is 0.0300. The van der Waals surface area contributed by atoms with Crippen molar-refractivity contribution in [3.63, 3.8) is 0 Å². The number of amides is 1. The van der Waals surface area contributed by atoms with E-state index in [1.54, 1.807) is 0 Å². The Bertz CT molecular complexity index is 424. The van der Waals surface area contributed by atoms with E-state index in [1.165, 1.54) is 0 Å². The van der Waals surface area contributed by atoms with Crippen LogP contribution in [0, 0.1) is 11.3 Å². The van der Waals surface area contributed by atoms with Gasteiger partial charge in [-0.05, 0) is 51.9 Å². The average molecular weight is 326 g/mol. The summed E-state index contributed by atoms with van der Waals surface area (Å²) in [6.45, 7) is 17.2. The van der Waals surface area contributed by atoms with Crippen LogP contribution in [-0.4, -0.2) is 55.0 Å². The van der Waals surface area contributed by atoms with Crippen LogP contribution < -0.4 is 5.32 Å². The van der Waals surface area contributed by atoms with Crippen molar-refractivity contribution in [3.8, 4) is 0 Å². The molecule has 0 aromatic rings. The molecule has 1 saturated heterocycles. The lowest BCUT2D eigenvalue weighted by molar-refractivity contribution is 0.0115. The summed E-state index contributed by atoms with van der Waals surface area (Å²) in [5.41, 5.74) is -0.662. The molecule has 23 heavy (non-hydrogen) atoms. The molecule has 2 atom stereocenters. The highest BCUT2D eigenvalue weighted by Crippen LogP contribution is 2.50. The van der Waals surface area contributed by atoms with Crippen LogP contribution >= 0.6 is 0 Å². The molecule has 5 nitrogen and oxygen atoms in total. The van der Waals surface area contributed by atoms with Gasteiger partial charge in [-0.25, -0.2) is 4.79 Å². The van der Waals surface area contributed by atoms with E-state index in [0.717, 1.165) is 45.7 Å². The first-order valence-corrected chi connectivity index (χ1v) is 8.85. The van der Waals surface area contributed by atoms with Gasteiger partial charge in [-0.1, -0.05) is 13.8 Å². The van der Waals surface area contributed by atoms with Crippen molar-refractivity contribution in [2.24, 2.45) is 11.3 Å². The third kappa shape index (κ3) is 4.38. The van der Waals surface area contributed by atoms with Crippen molar-refractivity contribution in [2.75, 3.05) is 32.8 Å². The maximum atomic E-state index is 12.2. The molecule has 0 radical (unpaired) electrons. The number of hydrogen-bond acceptors (Lipinski definition) is 4. The topological polar surface area (TPSA) is 50.8 Å². The highest BCUT2D eigenvalue weighted by molar-refractivity contribution is 5.69. The normalized spacial score (nSPS) is 31.8. The maximum absolute atomic E-state index is 12.2. The van der Waals surface area contributed by atoms with Gasteiger partial charge in [0, 0.05) is 25.2 Å². The lowest BCUT2D eigenvalue weighted by Crippen LogP contribution is -2.56. The van der Waals surface area contributed by atoms with E-state index in [0.29, 0.717) is 5.92 Å². The number of alkyl carbamates (subject to hydrolysis) is 1. The summed E-state index contributed by atoms with van der Waals surface area (Å²) in [6.07, 6.45) is 1.82. The Morgan fingerprint density at radius 2 is 1.87 bits per heavy atom. The molecule has 134 valence electrons. The van der Waals surface area contributed by atoms with E-state index in [4.69, 9.17) is 9.47 Å². The third-order valence-electron chi connectivity index (χ3n) is 5.79. The van der Waals surface area contributed by atoms with Gasteiger partial charge in [-0.2, -0.15) is 0 Å². The van der Waals surface area contributed by atoms with Crippen molar-refractivity contribution >= 4 is 6.09 Å². The van der Waals surface area contributed by atoms with Crippen LogP contribution in [0.1, 0.15) is 54.4 Å². The zero-order valence-electron chi connectivity index (χ0n) is 15.7. The Kier molecular flexibility index (Phi) is 5.31. The molecule has 5 heteroatoms. The minimum atomic E-state index is -0.462. The first-order chi connectivity index (χ1) is 10.5. The molecule has 0 unspecified atom stereocenters. The monoisotopic (exact) mass is 326 g/mol. The second kappa shape index (κ2) is 6.60. The third-order valence-corrected chi connectivity index (χ3v) is 5.79. The summed E-state index contributed by atoms with van der Waals surface area (Å²) < 4.78 is 10.9. The molecule has 1 aliphatic heterocycles. The number of ether oxygens (including phenoxy) is 2. The first kappa shape index (κ1) is 18.5. The fourth-order valence-corrected chi connectivity index (χ4v) is 3.76. The summed E-state index contributed by atoms with van der Waals surface area (Å²) in [4.78, 5) is 14.7. The predicted octanol–water partition coefficient (Wildman–Crippen LogP) is 3.04. The van der Waals surface area contributed by atoms with Crippen LogP contribution in [0.3, 0.4) is 0 Å². The number of morpholine rings is 1. The van der Waals surface area contributed by atoms with Crippen molar-refractivity contribution in [3.05, 3.63) is 0 Å². The summed E-state index contributed by atoms with van der Waals surface area (Å²) in [6, 6.07) is 0. The minimum Gasteiger partial charge on any atom is -0.444 e. The number of nitrogens with one attached hydrogen (secondary N) is 1. The van der Waals surface area contributed by atoms with E-state index in [2.05, 4.69) is 31.0 Å². The summed E-state index contributed by atoms with van der Waals surface area (Å²) in [7, 11) is 0. The summed E-state index contributed by atoms with van der Waals surface area (Å²) in [5, 5.41) is 3.16. The summed E-state index contributed by atoms with van der Waals surface area (Å²) >= 11 is 0. The van der Waals surface area contributed by atoms with Crippen molar-refractivity contribution in [1.29, 1.82) is 0 Å². The number of carbonyl (C=O) groups excluding carboxylic acids is 1. The van der Waals surface area contributed by atoms with Gasteiger partial charge in [-0.15, -0.1) is 0 Å². The Morgan fingerprint density at radius 3 is 2.43 bits per heavy atom. The van der Waals surface area contributed by atoms with Crippen molar-refractivity contribution in [1.82, 2.24) is 10.2 Å². The summed E-state index contributed by atoms with van der Waals surface area (Å²) in [5.74, 6) is 0.570. The molecule has 1 heterocycles. The molecule has 0 bridgehead atoms. The quantitative estimate of drug-likeness (QED) is 0.866. The van der Waals surface area contributed by atoms with Gasteiger partial charge in [0.25, 0.3) is 0 Å². The molecular formula is C18H34N2O3. The zero-order chi connectivity index (χ0) is 17.3. The lowest BCUT2D eigenvalue weighted by Gasteiger charge is -2.44. The van der Waals surface area contributed by atoms with Crippen LogP contribution in [0.25, 0.3) is 0 Å². The van der Waals surface area contributed by atoms with Crippen LogP contribution in [0.2, 0.25) is 0 Å². The Hall–Kier alpha value is -0.810. The van der Waals surface area contributed by atoms with Gasteiger partial charge >= 0.3 is 6.09 Å². The molecule has 1 saturated carbocycles. The van der Waals surface area contributed by atoms with E-state index in [-0.39, 0.29) is 17.0 Å². The standard InChI is InChI=1S/C18H34N2O3/c1-16(2,3)23-15(21)19-18(6)8-7-14(17(18,4)5)13-20-9-11-22-12-10-20/h14H,7-13H2,1-6H3,(H,19,21)/t14-,18-/m1/s1. The fraction of sp³-hybridized carbons (Fsp3) is 0.944. The van der Waals surface area contributed by atoms with E-state index in [9.17, 15) is 4.79 Å². The lowest BCUT2D eigenvalue weighted by atomic mass is 9.71. The molecule has 0 aromatic heterocycles. The Balaban J connectivity index is 1.98. The van der Waals surface area contributed by atoms with Crippen LogP contribution in [0.5, 0.6) is 0 Å². The van der Waals surface area contributed by atoms with Crippen LogP contribution in [0.15, 0.2) is 0 Å². The van der Waals surface area contributed by atoms with Gasteiger partial charge in [0.15, 0.2) is 0 Å². The van der Waals surface area contributed by atoms with E-state index >= 15 is 0 Å². The smallest absolute Gasteiger partial charge is 0.408 e. The average Bonchev–Trinajstić information content (AvgIpc) is 2.61. The van der Waals surface area contributed by atoms with E-state index in [1.807, 2.05) is 20.8 Å². The van der Waals surface area contributed by atoms with Gasteiger partial charge in [-0.3, -0.25) is 4.90 Å². The SMILES string of the molecule is CC(C)(C)OC(=O)N[C@]1(C)CC[C@H](CN2CCOCC2)C1(C)C. The van der Waals surface area contributed by atoms with Gasteiger partial charge < -0.3 is 14.8 Å². The largest absolute Gasteiger partial charge is 0.444 e. The number of hydrogen-bond donors (Lipinski definition) is 1. The van der Waals surface area contributed by atoms with Gasteiger partial charge in [0.2, 0.25) is 0 Å². The number of carbonyl (C=O) groups is 1. The van der Waals surface area contributed by atoms with E-state index < -0.39 is 5.60 Å². The molecule has 2 aliphatic rings. The molecule has 2 fully saturated rings. The molecule has 0 spiro atoms. The molecule has 1 N–H and O–H groups in total. The van der Waals surface area contributed by atoms with Crippen molar-refractivity contribution in [2.45, 2.75) is 65.5 Å². The molecular weight excluding hydrogens is 292 g/mol. The molecule has 0 aromatic carbocycles. The second-order valence-corrected chi connectivity index (χ2v) is 8.83. The maximum Gasteiger partial charge on any atom is 0.408 e.